The summed E-state index contributed by atoms with van der Waals surface area (Å²) in [6.07, 6.45) is 0.910. The van der Waals surface area contributed by atoms with Crippen LogP contribution in [0.5, 0.6) is 0 Å². The predicted octanol–water partition coefficient (Wildman–Crippen LogP) is 2.62. The molecule has 2 aromatic carbocycles. The van der Waals surface area contributed by atoms with Crippen LogP contribution >= 0.6 is 0 Å². The second kappa shape index (κ2) is 7.89. The topological polar surface area (TPSA) is 76.2 Å². The third-order valence-corrected chi connectivity index (χ3v) is 7.65. The fraction of sp³-hybridized carbons (Fsp3) is 0.462. The molecule has 4 atom stereocenters. The van der Waals surface area contributed by atoms with Gasteiger partial charge in [-0.25, -0.2) is 0 Å². The van der Waals surface area contributed by atoms with Gasteiger partial charge in [-0.2, -0.15) is 0 Å². The summed E-state index contributed by atoms with van der Waals surface area (Å²) in [5, 5.41) is 21.5. The minimum Gasteiger partial charge on any atom is -0.369 e. The number of allylic oxidation sites excluding steroid dienone is 1. The first kappa shape index (κ1) is 21.5. The van der Waals surface area contributed by atoms with E-state index in [4.69, 9.17) is 5.73 Å². The van der Waals surface area contributed by atoms with Gasteiger partial charge in [0.15, 0.2) is 12.5 Å². The van der Waals surface area contributed by atoms with E-state index in [9.17, 15) is 10.2 Å². The first-order chi connectivity index (χ1) is 15.3. The number of aryl methyl sites for hydroxylation is 1. The highest BCUT2D eigenvalue weighted by Crippen LogP contribution is 2.53. The summed E-state index contributed by atoms with van der Waals surface area (Å²) in [6.45, 7) is 9.03. The van der Waals surface area contributed by atoms with E-state index in [1.165, 1.54) is 16.7 Å². The zero-order valence-electron chi connectivity index (χ0n) is 19.0. The van der Waals surface area contributed by atoms with Gasteiger partial charge in [0.05, 0.1) is 23.0 Å². The number of hydrogen-bond acceptors (Lipinski definition) is 6. The number of nitrogens with two attached hydrogens (primary N) is 1. The van der Waals surface area contributed by atoms with Crippen LogP contribution in [0.2, 0.25) is 0 Å². The largest absolute Gasteiger partial charge is 0.369 e. The highest BCUT2D eigenvalue weighted by Gasteiger charge is 2.56. The molecule has 6 heteroatoms. The molecule has 2 aromatic rings. The smallest absolute Gasteiger partial charge is 0.172 e. The number of rotatable bonds is 5. The van der Waals surface area contributed by atoms with Gasteiger partial charge in [0, 0.05) is 25.7 Å². The third kappa shape index (κ3) is 3.25. The van der Waals surface area contributed by atoms with Crippen molar-refractivity contribution < 1.29 is 10.2 Å². The van der Waals surface area contributed by atoms with Crippen LogP contribution in [-0.4, -0.2) is 60.3 Å². The molecular formula is C26H34N4O2. The van der Waals surface area contributed by atoms with E-state index < -0.39 is 18.0 Å². The van der Waals surface area contributed by atoms with Gasteiger partial charge >= 0.3 is 0 Å². The Labute approximate surface area is 190 Å². The van der Waals surface area contributed by atoms with E-state index >= 15 is 0 Å². The van der Waals surface area contributed by atoms with Crippen LogP contribution in [0.1, 0.15) is 36.0 Å². The molecular weight excluding hydrogens is 400 g/mol. The number of fused-ring (bicyclic) bond motifs is 3. The summed E-state index contributed by atoms with van der Waals surface area (Å²) in [6, 6.07) is 14.6. The highest BCUT2D eigenvalue weighted by atomic mass is 16.4. The van der Waals surface area contributed by atoms with Crippen LogP contribution < -0.4 is 15.5 Å². The molecule has 0 radical (unpaired) electrons. The van der Waals surface area contributed by atoms with Gasteiger partial charge in [-0.1, -0.05) is 48.5 Å². The normalized spacial score (nSPS) is 29.1. The number of likely N-dealkylation sites (N-methyl/N-ethyl adjacent to an activating group) is 1. The van der Waals surface area contributed by atoms with Crippen molar-refractivity contribution >= 4 is 16.9 Å². The Bertz CT molecular complexity index is 1020. The van der Waals surface area contributed by atoms with Crippen LogP contribution in [0.3, 0.4) is 0 Å². The monoisotopic (exact) mass is 434 g/mol. The van der Waals surface area contributed by atoms with E-state index in [1.807, 2.05) is 24.1 Å². The fourth-order valence-electron chi connectivity index (χ4n) is 5.83. The Kier molecular flexibility index (Phi) is 5.29. The maximum absolute atomic E-state index is 10.9. The lowest BCUT2D eigenvalue weighted by Crippen LogP contribution is -2.65. The van der Waals surface area contributed by atoms with Crippen molar-refractivity contribution in [3.8, 4) is 0 Å². The summed E-state index contributed by atoms with van der Waals surface area (Å²) in [7, 11) is 1.82. The second-order valence-electron chi connectivity index (χ2n) is 9.71. The van der Waals surface area contributed by atoms with Gasteiger partial charge in [-0.3, -0.25) is 0 Å². The molecule has 0 saturated carbocycles. The van der Waals surface area contributed by atoms with Crippen LogP contribution in [0.25, 0.3) is 5.57 Å². The van der Waals surface area contributed by atoms with Gasteiger partial charge < -0.3 is 30.6 Å². The van der Waals surface area contributed by atoms with Crippen LogP contribution in [-0.2, 0) is 5.54 Å². The van der Waals surface area contributed by atoms with Crippen molar-refractivity contribution in [1.82, 2.24) is 4.90 Å². The molecule has 3 aliphatic rings. The van der Waals surface area contributed by atoms with Crippen molar-refractivity contribution in [2.75, 3.05) is 36.5 Å². The molecule has 32 heavy (non-hydrogen) atoms. The molecule has 0 aliphatic carbocycles. The van der Waals surface area contributed by atoms with Crippen molar-refractivity contribution in [2.45, 2.75) is 50.2 Å². The summed E-state index contributed by atoms with van der Waals surface area (Å²) in [5.41, 5.74) is 13.2. The van der Waals surface area contributed by atoms with Crippen molar-refractivity contribution in [3.05, 3.63) is 65.7 Å². The summed E-state index contributed by atoms with van der Waals surface area (Å²) in [5.74, 6) is 0. The van der Waals surface area contributed by atoms with Crippen molar-refractivity contribution in [2.24, 2.45) is 5.73 Å². The maximum atomic E-state index is 10.9. The number of piperidine rings is 1. The molecule has 4 N–H and O–H groups in total. The Hall–Kier alpha value is -2.38. The molecule has 0 amide bonds. The standard InChI is InChI=1S/C26H34N4O2/c1-17-9-11-19(12-10-17)18(2)6-5-14-29-15-13-22-26(27,16-29)20-7-4-8-21-23(20)30(22)25(32)24(31)28(21)3/h4,7-12,22,24-25,31-32H,2,5-6,13-16,27H2,1,3H3. The zero-order valence-corrected chi connectivity index (χ0v) is 19.0. The Morgan fingerprint density at radius 1 is 1.16 bits per heavy atom. The van der Waals surface area contributed by atoms with Crippen LogP contribution in [0, 0.1) is 6.92 Å². The van der Waals surface area contributed by atoms with Gasteiger partial charge in [0.25, 0.3) is 0 Å². The number of likely N-dealkylation sites (tertiary alicyclic amines) is 1. The molecule has 1 saturated heterocycles. The second-order valence-corrected chi connectivity index (χ2v) is 9.71. The lowest BCUT2D eigenvalue weighted by Gasteiger charge is -2.48. The minimum absolute atomic E-state index is 0.0178. The molecule has 1 fully saturated rings. The molecule has 0 aromatic heterocycles. The fourth-order valence-corrected chi connectivity index (χ4v) is 5.83. The van der Waals surface area contributed by atoms with Gasteiger partial charge in [-0.15, -0.1) is 0 Å². The van der Waals surface area contributed by atoms with Crippen LogP contribution in [0.4, 0.5) is 11.4 Å². The zero-order chi connectivity index (χ0) is 22.6. The quantitative estimate of drug-likeness (QED) is 0.672. The van der Waals surface area contributed by atoms with Crippen molar-refractivity contribution in [3.63, 3.8) is 0 Å². The molecule has 0 bridgehead atoms. The average molecular weight is 435 g/mol. The Morgan fingerprint density at radius 3 is 2.66 bits per heavy atom. The van der Waals surface area contributed by atoms with E-state index in [1.54, 1.807) is 4.90 Å². The molecule has 0 spiro atoms. The molecule has 3 heterocycles. The highest BCUT2D eigenvalue weighted by molar-refractivity contribution is 5.82. The van der Waals surface area contributed by atoms with E-state index in [0.717, 1.165) is 55.8 Å². The minimum atomic E-state index is -0.978. The Balaban J connectivity index is 1.30. The lowest BCUT2D eigenvalue weighted by atomic mass is 9.81. The molecule has 5 rings (SSSR count). The Morgan fingerprint density at radius 2 is 1.91 bits per heavy atom. The predicted molar refractivity (Wildman–Crippen MR) is 129 cm³/mol. The molecule has 4 unspecified atom stereocenters. The number of benzene rings is 2. The first-order valence-corrected chi connectivity index (χ1v) is 11.6. The summed E-state index contributed by atoms with van der Waals surface area (Å²) >= 11 is 0. The number of para-hydroxylation sites is 1. The van der Waals surface area contributed by atoms with Gasteiger partial charge in [-0.05, 0) is 49.9 Å². The number of aliphatic hydroxyl groups is 2. The number of aliphatic hydroxyl groups excluding tert-OH is 2. The molecule has 6 nitrogen and oxygen atoms in total. The van der Waals surface area contributed by atoms with E-state index in [-0.39, 0.29) is 6.04 Å². The summed E-state index contributed by atoms with van der Waals surface area (Å²) < 4.78 is 0. The first-order valence-electron chi connectivity index (χ1n) is 11.6. The lowest BCUT2D eigenvalue weighted by molar-refractivity contribution is 0.00127. The number of hydrogen-bond donors (Lipinski definition) is 3. The van der Waals surface area contributed by atoms with E-state index in [2.05, 4.69) is 48.7 Å². The van der Waals surface area contributed by atoms with Crippen molar-refractivity contribution in [1.29, 1.82) is 0 Å². The summed E-state index contributed by atoms with van der Waals surface area (Å²) in [4.78, 5) is 6.17. The third-order valence-electron chi connectivity index (χ3n) is 7.65. The van der Waals surface area contributed by atoms with Crippen LogP contribution in [0.15, 0.2) is 49.0 Å². The van der Waals surface area contributed by atoms with Gasteiger partial charge in [0.2, 0.25) is 0 Å². The molecule has 3 aliphatic heterocycles. The average Bonchev–Trinajstić information content (AvgIpc) is 3.05. The van der Waals surface area contributed by atoms with Gasteiger partial charge in [0.1, 0.15) is 0 Å². The maximum Gasteiger partial charge on any atom is 0.172 e. The SMILES string of the molecule is C=C(CCCN1CCC2N3c4c(cccc4C2(N)C1)N(C)C(O)C3O)c1ccc(C)cc1. The van der Waals surface area contributed by atoms with E-state index in [0.29, 0.717) is 0 Å². The number of anilines is 2. The molecule has 170 valence electrons. The number of nitrogens with zero attached hydrogens (tertiary/aromatic N) is 3.